The molecule has 0 saturated carbocycles. The van der Waals surface area contributed by atoms with Gasteiger partial charge in [-0.05, 0) is 66.5 Å². The zero-order chi connectivity index (χ0) is 50.5. The second-order valence-electron chi connectivity index (χ2n) is 22.6. The molecule has 64 heavy (non-hydrogen) atoms. The fraction of sp³-hybridized carbons (Fsp3) is 0.902. The van der Waals surface area contributed by atoms with Crippen molar-refractivity contribution < 1.29 is 42.2 Å². The van der Waals surface area contributed by atoms with E-state index in [4.69, 9.17) is 40.0 Å². The van der Waals surface area contributed by atoms with Gasteiger partial charge in [-0.15, -0.1) is 12.8 Å². The lowest BCUT2D eigenvalue weighted by atomic mass is 10.1. The lowest BCUT2D eigenvalue weighted by Crippen LogP contribution is -2.55. The average molecular weight is 972 g/mol. The first-order valence-electron chi connectivity index (χ1n) is 25.1. The van der Waals surface area contributed by atoms with Crippen LogP contribution in [0.15, 0.2) is 0 Å². The van der Waals surface area contributed by atoms with Crippen molar-refractivity contribution in [2.45, 2.75) is 282 Å². The van der Waals surface area contributed by atoms with E-state index in [9.17, 15) is 15.0 Å². The molecule has 0 aromatic rings. The molecule has 2 unspecified atom stereocenters. The van der Waals surface area contributed by atoms with Gasteiger partial charge in [-0.25, -0.2) is 4.79 Å². The predicted octanol–water partition coefficient (Wildman–Crippen LogP) is 14.2. The highest BCUT2D eigenvalue weighted by molar-refractivity contribution is 6.79. The summed E-state index contributed by atoms with van der Waals surface area (Å²) >= 11 is 0. The summed E-state index contributed by atoms with van der Waals surface area (Å²) in [6.45, 7) is 53.1. The lowest BCUT2D eigenvalue weighted by molar-refractivity contribution is -0.0449. The second-order valence-corrected chi connectivity index (χ2v) is 44.3. The van der Waals surface area contributed by atoms with Crippen molar-refractivity contribution in [3.05, 3.63) is 0 Å². The van der Waals surface area contributed by atoms with E-state index in [-0.39, 0.29) is 59.3 Å². The van der Waals surface area contributed by atoms with E-state index in [0.717, 1.165) is 0 Å². The minimum Gasteiger partial charge on any atom is -0.418 e. The SMILES string of the molecule is C#CC(C[C@H](O[Si](C(C)C)(C(C)C)C(C)C)[C@H](O)CO[Si](C(C)C)(C(C)C)C(C)C)OC(=O)OC(C#C)C[C@H](O[Si](C(C)C)(C(C)C)C(C)C)[C@H](O)CO[Si](C(C)C)(C(C)C)C(C)C. The van der Waals surface area contributed by atoms with Gasteiger partial charge in [0.05, 0.1) is 25.4 Å². The monoisotopic (exact) mass is 971 g/mol. The van der Waals surface area contributed by atoms with Gasteiger partial charge in [0.15, 0.2) is 28.8 Å². The Labute approximate surface area is 399 Å². The number of carbonyl (C=O) groups is 1. The van der Waals surface area contributed by atoms with Crippen molar-refractivity contribution in [1.82, 2.24) is 0 Å². The van der Waals surface area contributed by atoms with Crippen molar-refractivity contribution in [2.24, 2.45) is 0 Å². The Morgan fingerprint density at radius 2 is 0.609 bits per heavy atom. The fourth-order valence-electron chi connectivity index (χ4n) is 12.6. The van der Waals surface area contributed by atoms with Crippen LogP contribution in [-0.4, -0.2) is 99.5 Å². The molecule has 376 valence electrons. The molecule has 0 aromatic carbocycles. The number of terminal acetylenes is 2. The van der Waals surface area contributed by atoms with Gasteiger partial charge in [0, 0.05) is 12.8 Å². The van der Waals surface area contributed by atoms with Crippen LogP contribution in [-0.2, 0) is 27.2 Å². The Morgan fingerprint density at radius 3 is 0.781 bits per heavy atom. The summed E-state index contributed by atoms with van der Waals surface area (Å²) in [6, 6.07) is 0. The van der Waals surface area contributed by atoms with Crippen LogP contribution >= 0.6 is 0 Å². The number of aliphatic hydroxyl groups is 2. The second kappa shape index (κ2) is 27.3. The maximum absolute atomic E-state index is 13.8. The van der Waals surface area contributed by atoms with Gasteiger partial charge in [0.1, 0.15) is 12.2 Å². The van der Waals surface area contributed by atoms with Gasteiger partial charge >= 0.3 is 6.16 Å². The van der Waals surface area contributed by atoms with Crippen molar-refractivity contribution in [2.75, 3.05) is 13.2 Å². The first-order chi connectivity index (χ1) is 29.3. The van der Waals surface area contributed by atoms with E-state index in [1.807, 2.05) is 0 Å². The van der Waals surface area contributed by atoms with E-state index in [0.29, 0.717) is 33.2 Å². The molecule has 0 aliphatic rings. The van der Waals surface area contributed by atoms with Crippen LogP contribution in [0.25, 0.3) is 0 Å². The highest BCUT2D eigenvalue weighted by atomic mass is 28.4. The van der Waals surface area contributed by atoms with Crippen LogP contribution in [0, 0.1) is 24.7 Å². The van der Waals surface area contributed by atoms with Crippen LogP contribution in [0.3, 0.4) is 0 Å². The Bertz CT molecular complexity index is 1240. The third kappa shape index (κ3) is 15.0. The Morgan fingerprint density at radius 1 is 0.406 bits per heavy atom. The molecule has 0 spiro atoms. The molecule has 0 fully saturated rings. The highest BCUT2D eigenvalue weighted by Gasteiger charge is 2.52. The van der Waals surface area contributed by atoms with Crippen LogP contribution in [0.5, 0.6) is 0 Å². The van der Waals surface area contributed by atoms with E-state index >= 15 is 0 Å². The van der Waals surface area contributed by atoms with E-state index in [1.54, 1.807) is 0 Å². The maximum Gasteiger partial charge on any atom is 0.510 e. The Balaban J connectivity index is 6.99. The molecule has 0 bridgehead atoms. The van der Waals surface area contributed by atoms with Gasteiger partial charge in [0.2, 0.25) is 16.6 Å². The van der Waals surface area contributed by atoms with Crippen molar-refractivity contribution in [3.63, 3.8) is 0 Å². The summed E-state index contributed by atoms with van der Waals surface area (Å²) in [5.74, 6) is 5.28. The van der Waals surface area contributed by atoms with Gasteiger partial charge < -0.3 is 37.4 Å². The number of rotatable bonds is 30. The number of aliphatic hydroxyl groups excluding tert-OH is 2. The zero-order valence-corrected chi connectivity index (χ0v) is 49.6. The summed E-state index contributed by atoms with van der Waals surface area (Å²) in [4.78, 5) is 13.8. The summed E-state index contributed by atoms with van der Waals surface area (Å²) in [7, 11) is -9.83. The topological polar surface area (TPSA) is 113 Å². The molecule has 0 rings (SSSR count). The number of hydrogen-bond donors (Lipinski definition) is 2. The van der Waals surface area contributed by atoms with Gasteiger partial charge in [-0.2, -0.15) is 0 Å². The maximum atomic E-state index is 13.8. The highest BCUT2D eigenvalue weighted by Crippen LogP contribution is 2.47. The number of ether oxygens (including phenoxy) is 2. The Hall–Kier alpha value is -0.982. The molecule has 0 amide bonds. The largest absolute Gasteiger partial charge is 0.510 e. The number of hydrogen-bond acceptors (Lipinski definition) is 9. The molecule has 0 aliphatic carbocycles. The van der Waals surface area contributed by atoms with Crippen LogP contribution in [0.4, 0.5) is 4.79 Å². The quantitative estimate of drug-likeness (QED) is 0.0413. The van der Waals surface area contributed by atoms with Crippen LogP contribution in [0.1, 0.15) is 179 Å². The summed E-state index contributed by atoms with van der Waals surface area (Å²) in [6.07, 6.45) is 5.47. The molecule has 0 aliphatic heterocycles. The van der Waals surface area contributed by atoms with E-state index in [2.05, 4.69) is 178 Å². The molecule has 0 saturated heterocycles. The third-order valence-corrected chi connectivity index (χ3v) is 39.6. The number of carbonyl (C=O) groups excluding carboxylic acids is 1. The lowest BCUT2D eigenvalue weighted by Gasteiger charge is -2.47. The van der Waals surface area contributed by atoms with E-state index < -0.39 is 76.0 Å². The zero-order valence-electron chi connectivity index (χ0n) is 45.6. The van der Waals surface area contributed by atoms with Gasteiger partial charge in [-0.1, -0.05) is 178 Å². The standard InChI is InChI=1S/C51H102O9Si4/c1-27-45(29-49(59-63(39(15)16,40(17)18)41(19)20)47(52)31-55-61(33(3)4,34(5)6)35(7)8)57-51(54)58-46(28-2)30-50(60-64(42(21)22,43(23)24)44(25)26)48(53)32-56-62(36(9)10,37(11)12)38(13)14/h1-2,33-50,52-53H,29-32H2,3-26H3/t45?,46?,47-,48-,49+,50+/m1/s1. The molecule has 0 aromatic heterocycles. The molecular formula is C51H102O9Si4. The Kier molecular flexibility index (Phi) is 26.9. The molecule has 13 heteroatoms. The summed E-state index contributed by atoms with van der Waals surface area (Å²) < 4.78 is 40.0. The van der Waals surface area contributed by atoms with Crippen molar-refractivity contribution in [3.8, 4) is 24.7 Å². The third-order valence-electron chi connectivity index (χ3n) is 15.1. The summed E-state index contributed by atoms with van der Waals surface area (Å²) in [5, 5.41) is 24.2. The van der Waals surface area contributed by atoms with Crippen LogP contribution < -0.4 is 0 Å². The minimum atomic E-state index is -2.57. The first-order valence-corrected chi connectivity index (χ1v) is 33.6. The van der Waals surface area contributed by atoms with Crippen molar-refractivity contribution >= 4 is 39.4 Å². The molecule has 0 heterocycles. The molecule has 2 N–H and O–H groups in total. The predicted molar refractivity (Wildman–Crippen MR) is 280 cm³/mol. The average Bonchev–Trinajstić information content (AvgIpc) is 3.15. The smallest absolute Gasteiger partial charge is 0.418 e. The van der Waals surface area contributed by atoms with Gasteiger partial charge in [-0.3, -0.25) is 0 Å². The van der Waals surface area contributed by atoms with Crippen LogP contribution in [0.2, 0.25) is 66.5 Å². The molecular weight excluding hydrogens is 869 g/mol. The van der Waals surface area contributed by atoms with Gasteiger partial charge in [0.25, 0.3) is 0 Å². The first kappa shape index (κ1) is 63.0. The molecule has 9 nitrogen and oxygen atoms in total. The minimum absolute atomic E-state index is 0.0393. The van der Waals surface area contributed by atoms with E-state index in [1.165, 1.54) is 0 Å². The molecule has 0 radical (unpaired) electrons. The fourth-order valence-corrected chi connectivity index (χ4v) is 34.7. The summed E-state index contributed by atoms with van der Waals surface area (Å²) in [5.41, 5.74) is 3.30. The molecule has 6 atom stereocenters. The normalized spacial score (nSPS) is 16.6. The van der Waals surface area contributed by atoms with Crippen molar-refractivity contribution in [1.29, 1.82) is 0 Å².